The molecule has 0 spiro atoms. The molecule has 164 valence electrons. The number of furan rings is 1. The van der Waals surface area contributed by atoms with E-state index in [2.05, 4.69) is 5.32 Å². The molecule has 0 unspecified atom stereocenters. The van der Waals surface area contributed by atoms with E-state index in [-0.39, 0.29) is 12.8 Å². The first-order valence-electron chi connectivity index (χ1n) is 10.3. The Kier molecular flexibility index (Phi) is 5.57. The van der Waals surface area contributed by atoms with Gasteiger partial charge in [-0.2, -0.15) is 0 Å². The second-order valence-electron chi connectivity index (χ2n) is 7.90. The van der Waals surface area contributed by atoms with E-state index in [0.29, 0.717) is 22.3 Å². The number of carboxylic acids is 1. The second kappa shape index (κ2) is 8.34. The Bertz CT molecular complexity index is 1400. The van der Waals surface area contributed by atoms with Gasteiger partial charge in [0.15, 0.2) is 0 Å². The van der Waals surface area contributed by atoms with E-state index in [9.17, 15) is 19.5 Å². The Balaban J connectivity index is 1.61. The van der Waals surface area contributed by atoms with Crippen LogP contribution in [0.3, 0.4) is 0 Å². The SMILES string of the molecule is Cc1coc2c(C)c3oc(=O)c(CCC(=O)N[C@H](C(=O)[O-])c4ccccc4)c(C)c3cc12. The van der Waals surface area contributed by atoms with Crippen molar-refractivity contribution in [1.29, 1.82) is 0 Å². The van der Waals surface area contributed by atoms with E-state index in [1.807, 2.05) is 26.8 Å². The molecular formula is C25H22NO6-. The number of carbonyl (C=O) groups is 2. The standard InChI is InChI=1S/C25H23NO6/c1-13-12-31-22-15(3)23-19(11-18(13)22)14(2)17(25(30)32-23)9-10-20(27)26-21(24(28)29)16-7-5-4-6-8-16/h4-8,11-12,21H,9-10H2,1-3H3,(H,26,27)(H,28,29)/p-1/t21-/m0/s1. The highest BCUT2D eigenvalue weighted by Crippen LogP contribution is 2.32. The number of benzene rings is 2. The summed E-state index contributed by atoms with van der Waals surface area (Å²) in [5.74, 6) is -1.90. The maximum Gasteiger partial charge on any atom is 0.339 e. The van der Waals surface area contributed by atoms with Crippen molar-refractivity contribution in [3.8, 4) is 0 Å². The molecule has 4 aromatic rings. The van der Waals surface area contributed by atoms with Gasteiger partial charge in [0.2, 0.25) is 5.91 Å². The fourth-order valence-corrected chi connectivity index (χ4v) is 4.00. The molecule has 32 heavy (non-hydrogen) atoms. The normalized spacial score (nSPS) is 12.2. The summed E-state index contributed by atoms with van der Waals surface area (Å²) in [6.07, 6.45) is 1.71. The monoisotopic (exact) mass is 432 g/mol. The number of carboxylic acid groups (broad SMARTS) is 1. The maximum atomic E-state index is 12.7. The molecule has 0 fully saturated rings. The number of nitrogens with one attached hydrogen (secondary N) is 1. The number of fused-ring (bicyclic) bond motifs is 2. The van der Waals surface area contributed by atoms with Crippen molar-refractivity contribution >= 4 is 33.8 Å². The summed E-state index contributed by atoms with van der Waals surface area (Å²) < 4.78 is 11.2. The predicted octanol–water partition coefficient (Wildman–Crippen LogP) is 3.00. The van der Waals surface area contributed by atoms with Gasteiger partial charge < -0.3 is 24.1 Å². The smallest absolute Gasteiger partial charge is 0.339 e. The Hall–Kier alpha value is -3.87. The highest BCUT2D eigenvalue weighted by molar-refractivity contribution is 5.99. The molecule has 0 bridgehead atoms. The molecule has 1 N–H and O–H groups in total. The van der Waals surface area contributed by atoms with E-state index in [4.69, 9.17) is 8.83 Å². The van der Waals surface area contributed by atoms with Crippen LogP contribution >= 0.6 is 0 Å². The molecule has 1 amide bonds. The van der Waals surface area contributed by atoms with Crippen LogP contribution in [-0.4, -0.2) is 11.9 Å². The van der Waals surface area contributed by atoms with Crippen molar-refractivity contribution in [3.63, 3.8) is 0 Å². The van der Waals surface area contributed by atoms with Gasteiger partial charge >= 0.3 is 5.63 Å². The van der Waals surface area contributed by atoms with Crippen molar-refractivity contribution in [1.82, 2.24) is 5.32 Å². The molecule has 0 saturated carbocycles. The average Bonchev–Trinajstić information content (AvgIpc) is 3.14. The molecule has 4 rings (SSSR count). The van der Waals surface area contributed by atoms with Crippen LogP contribution in [0.2, 0.25) is 0 Å². The third-order valence-electron chi connectivity index (χ3n) is 5.81. The first kappa shape index (κ1) is 21.4. The van der Waals surface area contributed by atoms with Gasteiger partial charge in [0, 0.05) is 28.3 Å². The Morgan fingerprint density at radius 3 is 2.44 bits per heavy atom. The average molecular weight is 432 g/mol. The molecule has 7 heteroatoms. The molecule has 2 heterocycles. The van der Waals surface area contributed by atoms with Crippen LogP contribution in [0.4, 0.5) is 0 Å². The minimum absolute atomic E-state index is 0.0698. The minimum Gasteiger partial charge on any atom is -0.548 e. The van der Waals surface area contributed by atoms with Crippen LogP contribution in [0.1, 0.15) is 40.3 Å². The lowest BCUT2D eigenvalue weighted by atomic mass is 9.98. The van der Waals surface area contributed by atoms with E-state index in [0.717, 1.165) is 27.5 Å². The van der Waals surface area contributed by atoms with Crippen LogP contribution < -0.4 is 16.0 Å². The lowest BCUT2D eigenvalue weighted by Gasteiger charge is -2.20. The fourth-order valence-electron chi connectivity index (χ4n) is 4.00. The minimum atomic E-state index is -1.40. The summed E-state index contributed by atoms with van der Waals surface area (Å²) in [6.45, 7) is 5.60. The first-order chi connectivity index (χ1) is 15.3. The number of aliphatic carboxylic acids is 1. The fraction of sp³-hybridized carbons (Fsp3) is 0.240. The largest absolute Gasteiger partial charge is 0.548 e. The van der Waals surface area contributed by atoms with Gasteiger partial charge in [0.05, 0.1) is 18.3 Å². The van der Waals surface area contributed by atoms with Crippen molar-refractivity contribution in [2.45, 2.75) is 39.7 Å². The number of rotatable bonds is 6. The van der Waals surface area contributed by atoms with Crippen LogP contribution in [0.15, 0.2) is 56.3 Å². The van der Waals surface area contributed by atoms with Crippen LogP contribution in [0, 0.1) is 20.8 Å². The molecule has 7 nitrogen and oxygen atoms in total. The summed E-state index contributed by atoms with van der Waals surface area (Å²) in [5, 5.41) is 15.7. The highest BCUT2D eigenvalue weighted by Gasteiger charge is 2.20. The Morgan fingerprint density at radius 2 is 1.75 bits per heavy atom. The molecule has 0 aliphatic carbocycles. The van der Waals surface area contributed by atoms with Gasteiger partial charge in [-0.05, 0) is 49.9 Å². The van der Waals surface area contributed by atoms with Crippen molar-refractivity contribution in [3.05, 3.63) is 80.9 Å². The zero-order chi connectivity index (χ0) is 23.0. The highest BCUT2D eigenvalue weighted by atomic mass is 16.4. The van der Waals surface area contributed by atoms with Gasteiger partial charge in [-0.15, -0.1) is 0 Å². The van der Waals surface area contributed by atoms with Crippen molar-refractivity contribution in [2.75, 3.05) is 0 Å². The third kappa shape index (κ3) is 3.77. The van der Waals surface area contributed by atoms with Crippen LogP contribution in [0.25, 0.3) is 21.9 Å². The zero-order valence-electron chi connectivity index (χ0n) is 18.0. The lowest BCUT2D eigenvalue weighted by Crippen LogP contribution is -2.41. The van der Waals surface area contributed by atoms with Gasteiger partial charge in [-0.25, -0.2) is 4.79 Å². The van der Waals surface area contributed by atoms with Gasteiger partial charge in [0.1, 0.15) is 11.2 Å². The molecular weight excluding hydrogens is 410 g/mol. The number of hydrogen-bond donors (Lipinski definition) is 1. The third-order valence-corrected chi connectivity index (χ3v) is 5.81. The first-order valence-corrected chi connectivity index (χ1v) is 10.3. The molecule has 2 aromatic heterocycles. The summed E-state index contributed by atoms with van der Waals surface area (Å²) in [4.78, 5) is 36.7. The molecule has 0 aliphatic heterocycles. The van der Waals surface area contributed by atoms with Crippen LogP contribution in [-0.2, 0) is 16.0 Å². The van der Waals surface area contributed by atoms with Crippen molar-refractivity contribution < 1.29 is 23.5 Å². The van der Waals surface area contributed by atoms with E-state index >= 15 is 0 Å². The van der Waals surface area contributed by atoms with Gasteiger partial charge in [-0.3, -0.25) is 4.79 Å². The van der Waals surface area contributed by atoms with Crippen LogP contribution in [0.5, 0.6) is 0 Å². The molecule has 0 radical (unpaired) electrons. The second-order valence-corrected chi connectivity index (χ2v) is 7.90. The van der Waals surface area contributed by atoms with Gasteiger partial charge in [0.25, 0.3) is 0 Å². The summed E-state index contributed by atoms with van der Waals surface area (Å²) in [7, 11) is 0. The number of hydrogen-bond acceptors (Lipinski definition) is 6. The number of amides is 1. The topological polar surface area (TPSA) is 113 Å². The van der Waals surface area contributed by atoms with E-state index in [1.54, 1.807) is 36.6 Å². The number of carbonyl (C=O) groups excluding carboxylic acids is 2. The maximum absolute atomic E-state index is 12.7. The van der Waals surface area contributed by atoms with Gasteiger partial charge in [-0.1, -0.05) is 30.3 Å². The lowest BCUT2D eigenvalue weighted by molar-refractivity contribution is -0.308. The summed E-state index contributed by atoms with van der Waals surface area (Å²) in [5.41, 5.74) is 3.87. The molecule has 2 aromatic carbocycles. The quantitative estimate of drug-likeness (QED) is 0.469. The predicted molar refractivity (Wildman–Crippen MR) is 117 cm³/mol. The van der Waals surface area contributed by atoms with E-state index in [1.165, 1.54) is 0 Å². The molecule has 0 saturated heterocycles. The Morgan fingerprint density at radius 1 is 1.03 bits per heavy atom. The summed E-state index contributed by atoms with van der Waals surface area (Å²) >= 11 is 0. The zero-order valence-corrected chi connectivity index (χ0v) is 18.0. The van der Waals surface area contributed by atoms with E-state index < -0.39 is 23.5 Å². The summed E-state index contributed by atoms with van der Waals surface area (Å²) in [6, 6.07) is 8.98. The molecule has 1 atom stereocenters. The number of aryl methyl sites for hydroxylation is 3. The van der Waals surface area contributed by atoms with Crippen molar-refractivity contribution in [2.24, 2.45) is 0 Å². The Labute approximate surface area is 183 Å². The molecule has 0 aliphatic rings.